The number of aryl methyl sites for hydroxylation is 2. The van der Waals surface area contributed by atoms with Crippen LogP contribution in [0.4, 0.5) is 0 Å². The van der Waals surface area contributed by atoms with Crippen LogP contribution in [0.3, 0.4) is 0 Å². The van der Waals surface area contributed by atoms with Gasteiger partial charge in [0.05, 0.1) is 0 Å². The number of benzene rings is 1. The highest BCUT2D eigenvalue weighted by Gasteiger charge is 2.26. The van der Waals surface area contributed by atoms with Crippen molar-refractivity contribution in [3.8, 4) is 0 Å². The van der Waals surface area contributed by atoms with Gasteiger partial charge in [-0.25, -0.2) is 0 Å². The third kappa shape index (κ3) is 2.68. The lowest BCUT2D eigenvalue weighted by atomic mass is 9.98. The molecule has 0 spiro atoms. The van der Waals surface area contributed by atoms with E-state index in [4.69, 9.17) is 0 Å². The monoisotopic (exact) mass is 231 g/mol. The molecule has 2 nitrogen and oxygen atoms in total. The van der Waals surface area contributed by atoms with Crippen LogP contribution >= 0.6 is 0 Å². The Kier molecular flexibility index (Phi) is 3.51. The van der Waals surface area contributed by atoms with Gasteiger partial charge in [0.2, 0.25) is 5.91 Å². The van der Waals surface area contributed by atoms with E-state index in [0.29, 0.717) is 6.04 Å². The van der Waals surface area contributed by atoms with Gasteiger partial charge in [0, 0.05) is 19.5 Å². The quantitative estimate of drug-likeness (QED) is 0.766. The molecular formula is C15H21NO. The Hall–Kier alpha value is -1.31. The molecule has 1 heterocycles. The van der Waals surface area contributed by atoms with E-state index in [1.165, 1.54) is 16.7 Å². The molecule has 17 heavy (non-hydrogen) atoms. The van der Waals surface area contributed by atoms with Crippen LogP contribution < -0.4 is 0 Å². The maximum Gasteiger partial charge on any atom is 0.219 e. The first-order valence-electron chi connectivity index (χ1n) is 6.41. The number of hydrogen-bond donors (Lipinski definition) is 0. The standard InChI is InChI=1S/C15H21NO/c1-11-6-7-12(2)14(9-11)10-15-5-4-8-16(15)13(3)17/h6-7,9,15H,4-5,8,10H2,1-3H3. The number of carbonyl (C=O) groups is 1. The molecule has 0 aromatic heterocycles. The predicted octanol–water partition coefficient (Wildman–Crippen LogP) is 2.86. The van der Waals surface area contributed by atoms with Crippen molar-refractivity contribution in [1.82, 2.24) is 4.90 Å². The van der Waals surface area contributed by atoms with Crippen molar-refractivity contribution in [2.75, 3.05) is 6.54 Å². The van der Waals surface area contributed by atoms with Crippen molar-refractivity contribution in [1.29, 1.82) is 0 Å². The molecule has 1 aromatic carbocycles. The van der Waals surface area contributed by atoms with Crippen molar-refractivity contribution < 1.29 is 4.79 Å². The molecule has 1 aliphatic heterocycles. The van der Waals surface area contributed by atoms with Gasteiger partial charge in [0.1, 0.15) is 0 Å². The lowest BCUT2D eigenvalue weighted by Gasteiger charge is -2.24. The minimum absolute atomic E-state index is 0.220. The number of hydrogen-bond acceptors (Lipinski definition) is 1. The first kappa shape index (κ1) is 12.2. The second kappa shape index (κ2) is 4.91. The van der Waals surface area contributed by atoms with Gasteiger partial charge in [-0.1, -0.05) is 23.8 Å². The summed E-state index contributed by atoms with van der Waals surface area (Å²) in [5.41, 5.74) is 4.03. The number of nitrogens with zero attached hydrogens (tertiary/aromatic N) is 1. The number of carbonyl (C=O) groups excluding carboxylic acids is 1. The van der Waals surface area contributed by atoms with Crippen LogP contribution in [-0.2, 0) is 11.2 Å². The van der Waals surface area contributed by atoms with Gasteiger partial charge in [0.15, 0.2) is 0 Å². The SMILES string of the molecule is CC(=O)N1CCCC1Cc1cc(C)ccc1C. The summed E-state index contributed by atoms with van der Waals surface area (Å²) in [6, 6.07) is 6.99. The van der Waals surface area contributed by atoms with Crippen LogP contribution in [0.1, 0.15) is 36.5 Å². The van der Waals surface area contributed by atoms with Gasteiger partial charge in [-0.15, -0.1) is 0 Å². The van der Waals surface area contributed by atoms with Crippen LogP contribution in [0.2, 0.25) is 0 Å². The molecule has 2 heteroatoms. The van der Waals surface area contributed by atoms with Gasteiger partial charge < -0.3 is 4.90 Å². The highest BCUT2D eigenvalue weighted by atomic mass is 16.2. The molecular weight excluding hydrogens is 210 g/mol. The van der Waals surface area contributed by atoms with Crippen molar-refractivity contribution in [2.45, 2.75) is 46.1 Å². The van der Waals surface area contributed by atoms with Gasteiger partial charge in [-0.05, 0) is 44.2 Å². The molecule has 0 radical (unpaired) electrons. The van der Waals surface area contributed by atoms with E-state index in [0.717, 1.165) is 25.8 Å². The average Bonchev–Trinajstić information content (AvgIpc) is 2.71. The Labute approximate surface area is 104 Å². The second-order valence-electron chi connectivity index (χ2n) is 5.14. The molecule has 0 aliphatic carbocycles. The molecule has 0 bridgehead atoms. The topological polar surface area (TPSA) is 20.3 Å². The van der Waals surface area contributed by atoms with Crippen LogP contribution in [0.25, 0.3) is 0 Å². The molecule has 2 rings (SSSR count). The maximum absolute atomic E-state index is 11.5. The summed E-state index contributed by atoms with van der Waals surface area (Å²) in [5, 5.41) is 0. The zero-order valence-electron chi connectivity index (χ0n) is 11.0. The van der Waals surface area contributed by atoms with E-state index >= 15 is 0 Å². The van der Waals surface area contributed by atoms with E-state index in [-0.39, 0.29) is 5.91 Å². The molecule has 1 saturated heterocycles. The summed E-state index contributed by atoms with van der Waals surface area (Å²) in [5.74, 6) is 0.220. The Morgan fingerprint density at radius 1 is 1.41 bits per heavy atom. The average molecular weight is 231 g/mol. The highest BCUT2D eigenvalue weighted by Crippen LogP contribution is 2.23. The van der Waals surface area contributed by atoms with Gasteiger partial charge in [0.25, 0.3) is 0 Å². The van der Waals surface area contributed by atoms with Crippen LogP contribution in [0.5, 0.6) is 0 Å². The Bertz CT molecular complexity index is 425. The lowest BCUT2D eigenvalue weighted by Crippen LogP contribution is -2.35. The summed E-state index contributed by atoms with van der Waals surface area (Å²) in [7, 11) is 0. The molecule has 1 fully saturated rings. The molecule has 1 atom stereocenters. The minimum atomic E-state index is 0.220. The molecule has 1 aliphatic rings. The summed E-state index contributed by atoms with van der Waals surface area (Å²) in [4.78, 5) is 13.6. The third-order valence-corrected chi connectivity index (χ3v) is 3.74. The lowest BCUT2D eigenvalue weighted by molar-refractivity contribution is -0.129. The number of rotatable bonds is 2. The highest BCUT2D eigenvalue weighted by molar-refractivity contribution is 5.74. The molecule has 1 amide bonds. The fourth-order valence-electron chi connectivity index (χ4n) is 2.74. The number of likely N-dealkylation sites (tertiary alicyclic amines) is 1. The van der Waals surface area contributed by atoms with E-state index < -0.39 is 0 Å². The van der Waals surface area contributed by atoms with Crippen molar-refractivity contribution in [3.63, 3.8) is 0 Å². The normalized spacial score (nSPS) is 19.7. The fraction of sp³-hybridized carbons (Fsp3) is 0.533. The number of amides is 1. The Balaban J connectivity index is 2.15. The van der Waals surface area contributed by atoms with Crippen LogP contribution in [-0.4, -0.2) is 23.4 Å². The predicted molar refractivity (Wildman–Crippen MR) is 70.0 cm³/mol. The molecule has 0 saturated carbocycles. The van der Waals surface area contributed by atoms with Gasteiger partial charge in [-0.3, -0.25) is 4.79 Å². The first-order chi connectivity index (χ1) is 8.08. The molecule has 1 unspecified atom stereocenters. The summed E-state index contributed by atoms with van der Waals surface area (Å²) in [6.45, 7) is 6.90. The summed E-state index contributed by atoms with van der Waals surface area (Å²) in [6.07, 6.45) is 3.30. The minimum Gasteiger partial charge on any atom is -0.340 e. The molecule has 0 N–H and O–H groups in total. The Morgan fingerprint density at radius 3 is 2.88 bits per heavy atom. The van der Waals surface area contributed by atoms with E-state index in [1.807, 2.05) is 4.90 Å². The van der Waals surface area contributed by atoms with Crippen LogP contribution in [0.15, 0.2) is 18.2 Å². The van der Waals surface area contributed by atoms with E-state index in [2.05, 4.69) is 32.0 Å². The first-order valence-corrected chi connectivity index (χ1v) is 6.41. The zero-order chi connectivity index (χ0) is 12.4. The van der Waals surface area contributed by atoms with Gasteiger partial charge in [-0.2, -0.15) is 0 Å². The molecule has 92 valence electrons. The fourth-order valence-corrected chi connectivity index (χ4v) is 2.74. The summed E-state index contributed by atoms with van der Waals surface area (Å²) >= 11 is 0. The van der Waals surface area contributed by atoms with E-state index in [1.54, 1.807) is 6.92 Å². The van der Waals surface area contributed by atoms with E-state index in [9.17, 15) is 4.79 Å². The van der Waals surface area contributed by atoms with Crippen molar-refractivity contribution in [3.05, 3.63) is 34.9 Å². The smallest absolute Gasteiger partial charge is 0.219 e. The zero-order valence-corrected chi connectivity index (χ0v) is 11.0. The van der Waals surface area contributed by atoms with Crippen molar-refractivity contribution in [2.24, 2.45) is 0 Å². The summed E-state index contributed by atoms with van der Waals surface area (Å²) < 4.78 is 0. The Morgan fingerprint density at radius 2 is 2.18 bits per heavy atom. The third-order valence-electron chi connectivity index (χ3n) is 3.74. The van der Waals surface area contributed by atoms with Gasteiger partial charge >= 0.3 is 0 Å². The maximum atomic E-state index is 11.5. The van der Waals surface area contributed by atoms with Crippen molar-refractivity contribution >= 4 is 5.91 Å². The largest absolute Gasteiger partial charge is 0.340 e. The van der Waals surface area contributed by atoms with Crippen LogP contribution in [0, 0.1) is 13.8 Å². The second-order valence-corrected chi connectivity index (χ2v) is 5.14. The molecule has 1 aromatic rings.